The van der Waals surface area contributed by atoms with Crippen LogP contribution in [0.15, 0.2) is 32.9 Å². The molecule has 1 aromatic carbocycles. The highest BCUT2D eigenvalue weighted by Crippen LogP contribution is 2.18. The molecule has 0 aliphatic heterocycles. The van der Waals surface area contributed by atoms with Crippen molar-refractivity contribution in [2.24, 2.45) is 12.1 Å². The van der Waals surface area contributed by atoms with Crippen LogP contribution in [0.3, 0.4) is 0 Å². The Labute approximate surface area is 180 Å². The van der Waals surface area contributed by atoms with Gasteiger partial charge in [-0.25, -0.2) is 14.6 Å². The van der Waals surface area contributed by atoms with Crippen LogP contribution in [0.25, 0.3) is 11.2 Å². The summed E-state index contributed by atoms with van der Waals surface area (Å²) in [4.78, 5) is 30.8. The summed E-state index contributed by atoms with van der Waals surface area (Å²) >= 11 is 5.98. The maximum atomic E-state index is 13.9. The molecule has 0 saturated heterocycles. The average Bonchev–Trinajstić information content (AvgIpc) is 3.05. The fourth-order valence-electron chi connectivity index (χ4n) is 2.85. The monoisotopic (exact) mass is 452 g/mol. The van der Waals surface area contributed by atoms with E-state index in [1.54, 1.807) is 0 Å². The Kier molecular flexibility index (Phi) is 6.88. The van der Waals surface area contributed by atoms with Gasteiger partial charge in [0, 0.05) is 12.6 Å². The molecule has 166 valence electrons. The van der Waals surface area contributed by atoms with Crippen LogP contribution >= 0.6 is 11.6 Å². The summed E-state index contributed by atoms with van der Waals surface area (Å²) in [5, 5.41) is 14.5. The van der Waals surface area contributed by atoms with Crippen LogP contribution in [0.4, 0.5) is 10.3 Å². The van der Waals surface area contributed by atoms with Gasteiger partial charge in [-0.3, -0.25) is 14.3 Å². The van der Waals surface area contributed by atoms with Crippen molar-refractivity contribution in [1.82, 2.24) is 19.1 Å². The summed E-state index contributed by atoms with van der Waals surface area (Å²) in [6.07, 6.45) is 0.108. The number of ether oxygens (including phenoxy) is 1. The number of fused-ring (bicyclic) bond motifs is 1. The van der Waals surface area contributed by atoms with Gasteiger partial charge in [-0.2, -0.15) is 10.1 Å². The Hall–Kier alpha value is -3.02. The van der Waals surface area contributed by atoms with Crippen LogP contribution in [-0.4, -0.2) is 49.2 Å². The third-order valence-corrected chi connectivity index (χ3v) is 4.71. The van der Waals surface area contributed by atoms with E-state index in [0.29, 0.717) is 0 Å². The summed E-state index contributed by atoms with van der Waals surface area (Å²) < 4.78 is 21.9. The average molecular weight is 453 g/mol. The number of aliphatic hydroxyl groups is 1. The van der Waals surface area contributed by atoms with Crippen LogP contribution in [0, 0.1) is 5.82 Å². The van der Waals surface area contributed by atoms with E-state index < -0.39 is 23.2 Å². The van der Waals surface area contributed by atoms with Crippen LogP contribution in [0.5, 0.6) is 0 Å². The predicted octanol–water partition coefficient (Wildman–Crippen LogP) is 1.45. The van der Waals surface area contributed by atoms with Gasteiger partial charge < -0.3 is 14.4 Å². The zero-order chi connectivity index (χ0) is 22.7. The van der Waals surface area contributed by atoms with E-state index in [1.165, 1.54) is 36.0 Å². The van der Waals surface area contributed by atoms with Crippen molar-refractivity contribution < 1.29 is 14.2 Å². The molecule has 2 aromatic heterocycles. The number of imidazole rings is 1. The lowest BCUT2D eigenvalue weighted by Gasteiger charge is -2.15. The molecule has 10 nitrogen and oxygen atoms in total. The molecule has 0 bridgehead atoms. The lowest BCUT2D eigenvalue weighted by atomic mass is 10.2. The molecule has 1 unspecified atom stereocenters. The first-order chi connectivity index (χ1) is 14.7. The number of hydrazone groups is 1. The Balaban J connectivity index is 2.00. The van der Waals surface area contributed by atoms with E-state index in [2.05, 4.69) is 20.5 Å². The van der Waals surface area contributed by atoms with Gasteiger partial charge in [-0.1, -0.05) is 17.7 Å². The van der Waals surface area contributed by atoms with Gasteiger partial charge >= 0.3 is 5.69 Å². The van der Waals surface area contributed by atoms with E-state index in [4.69, 9.17) is 16.3 Å². The van der Waals surface area contributed by atoms with Crippen molar-refractivity contribution in [3.8, 4) is 0 Å². The topological polar surface area (TPSA) is 127 Å². The zero-order valence-corrected chi connectivity index (χ0v) is 17.9. The minimum atomic E-state index is -0.970. The molecule has 0 aliphatic carbocycles. The van der Waals surface area contributed by atoms with Crippen LogP contribution in [0.2, 0.25) is 5.02 Å². The Morgan fingerprint density at radius 3 is 2.84 bits per heavy atom. The number of nitrogens with one attached hydrogen (secondary N) is 2. The maximum absolute atomic E-state index is 13.9. The Morgan fingerprint density at radius 1 is 1.42 bits per heavy atom. The fourth-order valence-corrected chi connectivity index (χ4v) is 3.07. The third-order valence-electron chi connectivity index (χ3n) is 4.38. The number of rotatable bonds is 8. The number of aliphatic hydroxyl groups excluding tert-OH is 1. The van der Waals surface area contributed by atoms with E-state index in [9.17, 15) is 19.1 Å². The molecule has 0 fully saturated rings. The predicted molar refractivity (Wildman–Crippen MR) is 115 cm³/mol. The number of anilines is 1. The van der Waals surface area contributed by atoms with Gasteiger partial charge in [-0.05, 0) is 26.0 Å². The van der Waals surface area contributed by atoms with Crippen LogP contribution < -0.4 is 16.7 Å². The lowest BCUT2D eigenvalue weighted by molar-refractivity contribution is -0.000105. The first kappa shape index (κ1) is 22.7. The zero-order valence-electron chi connectivity index (χ0n) is 17.1. The quantitative estimate of drug-likeness (QED) is 0.351. The van der Waals surface area contributed by atoms with Crippen LogP contribution in [-0.2, 0) is 18.3 Å². The largest absolute Gasteiger partial charge is 0.389 e. The summed E-state index contributed by atoms with van der Waals surface area (Å²) in [6.45, 7) is 3.61. The van der Waals surface area contributed by atoms with Gasteiger partial charge in [0.1, 0.15) is 5.82 Å². The fraction of sp³-hybridized carbons (Fsp3) is 0.368. The highest BCUT2D eigenvalue weighted by Gasteiger charge is 2.20. The number of nitrogens with zero attached hydrogens (tertiary/aromatic N) is 4. The summed E-state index contributed by atoms with van der Waals surface area (Å²) in [5.74, 6) is -0.499. The van der Waals surface area contributed by atoms with E-state index in [-0.39, 0.29) is 47.0 Å². The highest BCUT2D eigenvalue weighted by atomic mass is 35.5. The molecule has 3 rings (SSSR count). The van der Waals surface area contributed by atoms with Crippen molar-refractivity contribution in [1.29, 1.82) is 0 Å². The number of aryl methyl sites for hydroxylation is 1. The van der Waals surface area contributed by atoms with Crippen molar-refractivity contribution in [3.05, 3.63) is 55.4 Å². The summed E-state index contributed by atoms with van der Waals surface area (Å²) in [7, 11) is 1.45. The number of H-pyrrole nitrogens is 1. The molecule has 1 atom stereocenters. The minimum Gasteiger partial charge on any atom is -0.389 e. The van der Waals surface area contributed by atoms with Crippen molar-refractivity contribution in [2.75, 3.05) is 12.0 Å². The first-order valence-electron chi connectivity index (χ1n) is 9.41. The second kappa shape index (κ2) is 9.41. The smallest absolute Gasteiger partial charge is 0.329 e. The molecule has 31 heavy (non-hydrogen) atoms. The Morgan fingerprint density at radius 2 is 2.16 bits per heavy atom. The molecular formula is C19H22ClFN6O4. The molecule has 0 aliphatic rings. The minimum absolute atomic E-state index is 0.0224. The number of benzene rings is 1. The van der Waals surface area contributed by atoms with Crippen molar-refractivity contribution >= 4 is 34.9 Å². The molecule has 0 saturated carbocycles. The maximum Gasteiger partial charge on any atom is 0.329 e. The van der Waals surface area contributed by atoms with Gasteiger partial charge in [0.15, 0.2) is 11.2 Å². The molecule has 3 aromatic rings. The summed E-state index contributed by atoms with van der Waals surface area (Å²) in [5.41, 5.74) is 1.53. The third kappa shape index (κ3) is 5.01. The van der Waals surface area contributed by atoms with Gasteiger partial charge in [0.05, 0.1) is 36.6 Å². The number of aromatic amines is 1. The molecular weight excluding hydrogens is 431 g/mol. The molecule has 12 heteroatoms. The number of hydrogen-bond acceptors (Lipinski definition) is 7. The molecule has 3 N–H and O–H groups in total. The van der Waals surface area contributed by atoms with E-state index >= 15 is 0 Å². The Bertz CT molecular complexity index is 1210. The summed E-state index contributed by atoms with van der Waals surface area (Å²) in [6, 6.07) is 4.22. The van der Waals surface area contributed by atoms with Crippen molar-refractivity contribution in [3.63, 3.8) is 0 Å². The van der Waals surface area contributed by atoms with Gasteiger partial charge in [-0.15, -0.1) is 0 Å². The molecule has 0 spiro atoms. The van der Waals surface area contributed by atoms with Gasteiger partial charge in [0.25, 0.3) is 5.56 Å². The second-order valence-corrected chi connectivity index (χ2v) is 7.48. The second-order valence-electron chi connectivity index (χ2n) is 7.08. The lowest BCUT2D eigenvalue weighted by Crippen LogP contribution is -2.30. The normalized spacial score (nSPS) is 12.9. The first-order valence-corrected chi connectivity index (χ1v) is 9.79. The SMILES string of the molecule is CC(C)OCC(O)Cn1c(NN=Cc2c(F)cccc2Cl)nc2c1c(=O)[nH]c(=O)n2C. The highest BCUT2D eigenvalue weighted by molar-refractivity contribution is 6.33. The van der Waals surface area contributed by atoms with Gasteiger partial charge in [0.2, 0.25) is 5.95 Å². The molecule has 0 amide bonds. The van der Waals surface area contributed by atoms with Crippen LogP contribution in [0.1, 0.15) is 19.4 Å². The van der Waals surface area contributed by atoms with Crippen molar-refractivity contribution in [2.45, 2.75) is 32.6 Å². The number of hydrogen-bond donors (Lipinski definition) is 3. The van der Waals surface area contributed by atoms with E-state index in [1.807, 2.05) is 13.8 Å². The number of halogens is 2. The molecule has 2 heterocycles. The standard InChI is InChI=1S/C19H22ClFN6O4/c1-10(2)31-9-11(28)8-27-15-16(26(3)19(30)24-17(15)29)23-18(27)25-22-7-12-13(20)5-4-6-14(12)21/h4-7,10-11,28H,8-9H2,1-3H3,(H,23,25)(H,24,29,30). The van der Waals surface area contributed by atoms with E-state index in [0.717, 1.165) is 4.57 Å². The number of aromatic nitrogens is 4. The molecule has 0 radical (unpaired) electrons.